The zero-order valence-electron chi connectivity index (χ0n) is 14.2. The van der Waals surface area contributed by atoms with Gasteiger partial charge in [-0.15, -0.1) is 0 Å². The number of nitrogens with one attached hydrogen (secondary N) is 2. The van der Waals surface area contributed by atoms with Crippen molar-refractivity contribution in [2.75, 3.05) is 13.1 Å². The Morgan fingerprint density at radius 3 is 2.39 bits per heavy atom. The van der Waals surface area contributed by atoms with E-state index in [0.717, 1.165) is 18.7 Å². The number of amides is 3. The summed E-state index contributed by atoms with van der Waals surface area (Å²) in [4.78, 5) is 26.3. The summed E-state index contributed by atoms with van der Waals surface area (Å²) in [5.74, 6) is 0.929. The number of hydrogen-bond acceptors (Lipinski definition) is 3. The largest absolute Gasteiger partial charge is 0.334 e. The Hall–Kier alpha value is -1.88. The van der Waals surface area contributed by atoms with Gasteiger partial charge in [0.15, 0.2) is 0 Å². The number of imide groups is 1. The van der Waals surface area contributed by atoms with Crippen molar-refractivity contribution < 1.29 is 9.59 Å². The van der Waals surface area contributed by atoms with Crippen LogP contribution >= 0.6 is 0 Å². The molecule has 0 spiro atoms. The van der Waals surface area contributed by atoms with Crippen LogP contribution in [-0.2, 0) is 11.3 Å². The van der Waals surface area contributed by atoms with E-state index in [-0.39, 0.29) is 11.9 Å². The number of benzene rings is 1. The predicted octanol–water partition coefficient (Wildman–Crippen LogP) is 2.38. The molecule has 0 radical (unpaired) electrons. The molecule has 1 fully saturated rings. The van der Waals surface area contributed by atoms with Crippen molar-refractivity contribution in [3.05, 3.63) is 35.9 Å². The number of likely N-dealkylation sites (tertiary alicyclic amines) is 1. The van der Waals surface area contributed by atoms with E-state index < -0.39 is 6.03 Å². The van der Waals surface area contributed by atoms with Gasteiger partial charge in [0.2, 0.25) is 5.91 Å². The molecule has 1 heterocycles. The molecule has 5 heteroatoms. The Bertz CT molecular complexity index is 522. The Labute approximate surface area is 138 Å². The van der Waals surface area contributed by atoms with Crippen LogP contribution in [0.2, 0.25) is 0 Å². The highest BCUT2D eigenvalue weighted by Gasteiger charge is 2.29. The summed E-state index contributed by atoms with van der Waals surface area (Å²) in [5.41, 5.74) is 1.00. The van der Waals surface area contributed by atoms with Gasteiger partial charge in [-0.05, 0) is 30.7 Å². The second kappa shape index (κ2) is 8.11. The lowest BCUT2D eigenvalue weighted by molar-refractivity contribution is -0.125. The molecule has 0 aromatic heterocycles. The Morgan fingerprint density at radius 1 is 1.17 bits per heavy atom. The standard InChI is InChI=1S/C18H27N3O2/c1-13-9-14(2)12-21(11-13)15(3)17(22)20-18(23)19-10-16-7-5-4-6-8-16/h4-8,13-15H,9-12H2,1-3H3,(H2,19,20,22,23)/t13-,14-,15+/m1/s1. The minimum atomic E-state index is -0.441. The summed E-state index contributed by atoms with van der Waals surface area (Å²) in [7, 11) is 0. The summed E-state index contributed by atoms with van der Waals surface area (Å²) in [6, 6.07) is 8.89. The fourth-order valence-corrected chi connectivity index (χ4v) is 3.23. The van der Waals surface area contributed by atoms with Crippen molar-refractivity contribution in [3.8, 4) is 0 Å². The fourth-order valence-electron chi connectivity index (χ4n) is 3.23. The average molecular weight is 317 g/mol. The number of nitrogens with zero attached hydrogens (tertiary/aromatic N) is 1. The molecule has 1 aromatic carbocycles. The second-order valence-electron chi connectivity index (χ2n) is 6.73. The van der Waals surface area contributed by atoms with Crippen molar-refractivity contribution in [1.29, 1.82) is 0 Å². The van der Waals surface area contributed by atoms with Gasteiger partial charge in [-0.2, -0.15) is 0 Å². The highest BCUT2D eigenvalue weighted by atomic mass is 16.2. The minimum Gasteiger partial charge on any atom is -0.334 e. The lowest BCUT2D eigenvalue weighted by atomic mass is 9.91. The molecule has 126 valence electrons. The van der Waals surface area contributed by atoms with E-state index in [1.54, 1.807) is 0 Å². The Morgan fingerprint density at radius 2 is 1.78 bits per heavy atom. The maximum atomic E-state index is 12.3. The maximum absolute atomic E-state index is 12.3. The number of rotatable bonds is 4. The van der Waals surface area contributed by atoms with Crippen molar-refractivity contribution in [1.82, 2.24) is 15.5 Å². The zero-order valence-corrected chi connectivity index (χ0v) is 14.2. The Kier molecular flexibility index (Phi) is 6.16. The van der Waals surface area contributed by atoms with E-state index in [9.17, 15) is 9.59 Å². The number of urea groups is 1. The molecule has 1 aliphatic heterocycles. The number of carbonyl (C=O) groups excluding carboxylic acids is 2. The third-order valence-corrected chi connectivity index (χ3v) is 4.36. The molecular formula is C18H27N3O2. The van der Waals surface area contributed by atoms with Crippen molar-refractivity contribution in [2.24, 2.45) is 11.8 Å². The van der Waals surface area contributed by atoms with Crippen LogP contribution in [0.15, 0.2) is 30.3 Å². The molecule has 1 aromatic rings. The quantitative estimate of drug-likeness (QED) is 0.896. The van der Waals surface area contributed by atoms with Crippen LogP contribution < -0.4 is 10.6 Å². The molecule has 2 rings (SSSR count). The van der Waals surface area contributed by atoms with Gasteiger partial charge in [-0.1, -0.05) is 44.2 Å². The molecule has 1 aliphatic rings. The third-order valence-electron chi connectivity index (χ3n) is 4.36. The van der Waals surface area contributed by atoms with E-state index in [0.29, 0.717) is 18.4 Å². The summed E-state index contributed by atoms with van der Waals surface area (Å²) < 4.78 is 0. The van der Waals surface area contributed by atoms with Gasteiger partial charge in [-0.25, -0.2) is 4.79 Å². The van der Waals surface area contributed by atoms with Crippen LogP contribution in [0.3, 0.4) is 0 Å². The average Bonchev–Trinajstić information content (AvgIpc) is 2.52. The highest BCUT2D eigenvalue weighted by Crippen LogP contribution is 2.22. The van der Waals surface area contributed by atoms with E-state index in [4.69, 9.17) is 0 Å². The van der Waals surface area contributed by atoms with Crippen LogP contribution in [0.1, 0.15) is 32.8 Å². The fraction of sp³-hybridized carbons (Fsp3) is 0.556. The number of hydrogen-bond donors (Lipinski definition) is 2. The van der Waals surface area contributed by atoms with Crippen molar-refractivity contribution >= 4 is 11.9 Å². The molecule has 3 atom stereocenters. The first-order chi connectivity index (χ1) is 11.0. The van der Waals surface area contributed by atoms with Gasteiger partial charge in [0, 0.05) is 19.6 Å². The highest BCUT2D eigenvalue weighted by molar-refractivity contribution is 5.96. The lowest BCUT2D eigenvalue weighted by Gasteiger charge is -2.37. The van der Waals surface area contributed by atoms with E-state index in [1.165, 1.54) is 6.42 Å². The monoisotopic (exact) mass is 317 g/mol. The molecule has 0 saturated carbocycles. The molecule has 0 aliphatic carbocycles. The van der Waals surface area contributed by atoms with Gasteiger partial charge in [0.25, 0.3) is 0 Å². The predicted molar refractivity (Wildman–Crippen MR) is 90.8 cm³/mol. The van der Waals surface area contributed by atoms with Crippen molar-refractivity contribution in [3.63, 3.8) is 0 Å². The van der Waals surface area contributed by atoms with Gasteiger partial charge in [-0.3, -0.25) is 15.0 Å². The van der Waals surface area contributed by atoms with Crippen LogP contribution in [0.5, 0.6) is 0 Å². The number of carbonyl (C=O) groups is 2. The summed E-state index contributed by atoms with van der Waals surface area (Å²) in [5, 5.41) is 5.16. The molecule has 0 unspecified atom stereocenters. The third kappa shape index (κ3) is 5.36. The molecular weight excluding hydrogens is 290 g/mol. The van der Waals surface area contributed by atoms with Crippen LogP contribution in [0.4, 0.5) is 4.79 Å². The van der Waals surface area contributed by atoms with E-state index in [2.05, 4.69) is 29.4 Å². The van der Waals surface area contributed by atoms with Gasteiger partial charge < -0.3 is 5.32 Å². The topological polar surface area (TPSA) is 61.4 Å². The van der Waals surface area contributed by atoms with Gasteiger partial charge in [0.1, 0.15) is 0 Å². The normalized spacial score (nSPS) is 23.1. The van der Waals surface area contributed by atoms with Crippen LogP contribution in [-0.4, -0.2) is 36.0 Å². The number of piperidine rings is 1. The second-order valence-corrected chi connectivity index (χ2v) is 6.73. The minimum absolute atomic E-state index is 0.239. The molecule has 5 nitrogen and oxygen atoms in total. The van der Waals surface area contributed by atoms with E-state index in [1.807, 2.05) is 37.3 Å². The first-order valence-electron chi connectivity index (χ1n) is 8.32. The first-order valence-corrected chi connectivity index (χ1v) is 8.32. The molecule has 1 saturated heterocycles. The summed E-state index contributed by atoms with van der Waals surface area (Å²) >= 11 is 0. The molecule has 0 bridgehead atoms. The first kappa shape index (κ1) is 17.5. The van der Waals surface area contributed by atoms with Gasteiger partial charge in [0.05, 0.1) is 6.04 Å². The summed E-state index contributed by atoms with van der Waals surface area (Å²) in [6.45, 7) is 8.51. The smallest absolute Gasteiger partial charge is 0.321 e. The van der Waals surface area contributed by atoms with Crippen molar-refractivity contribution in [2.45, 2.75) is 39.8 Å². The molecule has 2 N–H and O–H groups in total. The lowest BCUT2D eigenvalue weighted by Crippen LogP contribution is -2.53. The van der Waals surface area contributed by atoms with Crippen LogP contribution in [0.25, 0.3) is 0 Å². The molecule has 23 heavy (non-hydrogen) atoms. The Balaban J connectivity index is 1.79. The maximum Gasteiger partial charge on any atom is 0.321 e. The molecule has 3 amide bonds. The van der Waals surface area contributed by atoms with Gasteiger partial charge >= 0.3 is 6.03 Å². The van der Waals surface area contributed by atoms with E-state index >= 15 is 0 Å². The SMILES string of the molecule is C[C@@H]1C[C@@H](C)CN([C@@H](C)C(=O)NC(=O)NCc2ccccc2)C1. The summed E-state index contributed by atoms with van der Waals surface area (Å²) in [6.07, 6.45) is 1.20. The van der Waals surface area contributed by atoms with Crippen LogP contribution in [0, 0.1) is 11.8 Å². The zero-order chi connectivity index (χ0) is 16.8.